The van der Waals surface area contributed by atoms with Gasteiger partial charge in [-0.1, -0.05) is 12.8 Å². The highest BCUT2D eigenvalue weighted by Crippen LogP contribution is 2.44. The van der Waals surface area contributed by atoms with E-state index in [9.17, 15) is 13.2 Å². The zero-order chi connectivity index (χ0) is 12.0. The molecule has 1 aliphatic heterocycles. The summed E-state index contributed by atoms with van der Waals surface area (Å²) in [5, 5.41) is 3.86. The van der Waals surface area contributed by atoms with Crippen LogP contribution in [-0.4, -0.2) is 31.2 Å². The summed E-state index contributed by atoms with van der Waals surface area (Å²) in [5.41, 5.74) is 0.0461. The molecule has 2 aliphatic rings. The second kappa shape index (κ2) is 3.56. The first-order chi connectivity index (χ1) is 7.38. The maximum Gasteiger partial charge on any atom is 0.238 e. The van der Waals surface area contributed by atoms with Crippen LogP contribution in [0.15, 0.2) is 11.1 Å². The molecule has 1 spiro atoms. The van der Waals surface area contributed by atoms with Gasteiger partial charge in [0.05, 0.1) is 16.6 Å². The van der Waals surface area contributed by atoms with Gasteiger partial charge >= 0.3 is 0 Å². The van der Waals surface area contributed by atoms with Crippen LogP contribution in [0.3, 0.4) is 0 Å². The van der Waals surface area contributed by atoms with Gasteiger partial charge in [-0.25, -0.2) is 8.42 Å². The topological polar surface area (TPSA) is 66.5 Å². The van der Waals surface area contributed by atoms with Crippen LogP contribution >= 0.6 is 0 Å². The molecule has 1 N–H and O–H groups in total. The number of likely N-dealkylation sites (N-methyl/N-ethyl adjacent to an activating group) is 1. The Labute approximate surface area is 95.6 Å². The summed E-state index contributed by atoms with van der Waals surface area (Å²) in [6.45, 7) is 1.40. The standard InChI is InChI=1S/C10H16N2O3S/c1-8(13)11-9-7-16(14,15)12(2)10(9)5-3-4-6-10/h7H,3-6H2,1-2H3,(H,11,13). The number of nitrogens with one attached hydrogen (secondary N) is 1. The van der Waals surface area contributed by atoms with Crippen molar-refractivity contribution >= 4 is 15.9 Å². The van der Waals surface area contributed by atoms with Crippen molar-refractivity contribution in [3.63, 3.8) is 0 Å². The number of nitrogens with zero attached hydrogens (tertiary/aromatic N) is 1. The van der Waals surface area contributed by atoms with Crippen LogP contribution in [0, 0.1) is 0 Å². The predicted octanol–water partition coefficient (Wildman–Crippen LogP) is 0.552. The molecule has 0 aromatic carbocycles. The maximum absolute atomic E-state index is 11.8. The molecular weight excluding hydrogens is 228 g/mol. The van der Waals surface area contributed by atoms with Crippen molar-refractivity contribution in [1.82, 2.24) is 9.62 Å². The van der Waals surface area contributed by atoms with Crippen molar-refractivity contribution in [3.05, 3.63) is 11.1 Å². The lowest BCUT2D eigenvalue weighted by atomic mass is 9.94. The van der Waals surface area contributed by atoms with Gasteiger partial charge in [-0.3, -0.25) is 4.79 Å². The van der Waals surface area contributed by atoms with E-state index in [4.69, 9.17) is 0 Å². The van der Waals surface area contributed by atoms with Crippen molar-refractivity contribution < 1.29 is 13.2 Å². The van der Waals surface area contributed by atoms with E-state index in [-0.39, 0.29) is 5.91 Å². The third-order valence-electron chi connectivity index (χ3n) is 3.49. The summed E-state index contributed by atoms with van der Waals surface area (Å²) in [4.78, 5) is 11.1. The van der Waals surface area contributed by atoms with Gasteiger partial charge in [0.15, 0.2) is 0 Å². The van der Waals surface area contributed by atoms with E-state index in [0.29, 0.717) is 5.70 Å². The number of hydrogen-bond acceptors (Lipinski definition) is 3. The molecule has 2 rings (SSSR count). The molecule has 5 nitrogen and oxygen atoms in total. The van der Waals surface area contributed by atoms with Crippen LogP contribution in [0.4, 0.5) is 0 Å². The van der Waals surface area contributed by atoms with E-state index in [1.807, 2.05) is 0 Å². The number of sulfonamides is 1. The molecule has 90 valence electrons. The van der Waals surface area contributed by atoms with Gasteiger partial charge in [0.2, 0.25) is 15.9 Å². The van der Waals surface area contributed by atoms with E-state index in [2.05, 4.69) is 5.32 Å². The monoisotopic (exact) mass is 244 g/mol. The Balaban J connectivity index is 2.43. The molecule has 6 heteroatoms. The van der Waals surface area contributed by atoms with E-state index in [1.54, 1.807) is 7.05 Å². The molecule has 0 aromatic rings. The highest BCUT2D eigenvalue weighted by molar-refractivity contribution is 7.92. The van der Waals surface area contributed by atoms with Gasteiger partial charge in [-0.2, -0.15) is 4.31 Å². The number of hydrogen-bond donors (Lipinski definition) is 1. The first kappa shape index (κ1) is 11.6. The molecular formula is C10H16N2O3S. The summed E-state index contributed by atoms with van der Waals surface area (Å²) in [6.07, 6.45) is 3.57. The zero-order valence-electron chi connectivity index (χ0n) is 9.49. The molecule has 0 unspecified atom stereocenters. The third-order valence-corrected chi connectivity index (χ3v) is 5.14. The normalized spacial score (nSPS) is 27.0. The van der Waals surface area contributed by atoms with E-state index < -0.39 is 15.6 Å². The molecule has 0 bridgehead atoms. The summed E-state index contributed by atoms with van der Waals surface area (Å²) in [5.74, 6) is -0.219. The predicted molar refractivity (Wildman–Crippen MR) is 59.8 cm³/mol. The molecule has 1 saturated carbocycles. The lowest BCUT2D eigenvalue weighted by Crippen LogP contribution is -2.47. The molecule has 0 atom stereocenters. The van der Waals surface area contributed by atoms with E-state index >= 15 is 0 Å². The van der Waals surface area contributed by atoms with Crippen LogP contribution in [-0.2, 0) is 14.8 Å². The SMILES string of the molecule is CC(=O)NC1=CS(=O)(=O)N(C)C12CCCC2. The lowest BCUT2D eigenvalue weighted by Gasteiger charge is -2.33. The second-order valence-corrected chi connectivity index (χ2v) is 6.28. The molecule has 0 radical (unpaired) electrons. The van der Waals surface area contributed by atoms with Gasteiger partial charge in [-0.15, -0.1) is 0 Å². The fourth-order valence-electron chi connectivity index (χ4n) is 2.63. The molecule has 1 heterocycles. The van der Waals surface area contributed by atoms with Gasteiger partial charge in [-0.05, 0) is 12.8 Å². The highest BCUT2D eigenvalue weighted by Gasteiger charge is 2.51. The Bertz CT molecular complexity index is 447. The van der Waals surface area contributed by atoms with Crippen molar-refractivity contribution in [1.29, 1.82) is 0 Å². The van der Waals surface area contributed by atoms with Gasteiger partial charge < -0.3 is 5.32 Å². The summed E-state index contributed by atoms with van der Waals surface area (Å²) < 4.78 is 25.0. The molecule has 0 aromatic heterocycles. The van der Waals surface area contributed by atoms with Crippen LogP contribution in [0.5, 0.6) is 0 Å². The summed E-state index contributed by atoms with van der Waals surface area (Å²) in [7, 11) is -1.77. The number of amides is 1. The van der Waals surface area contributed by atoms with Crippen LogP contribution in [0.2, 0.25) is 0 Å². The first-order valence-electron chi connectivity index (χ1n) is 5.37. The van der Waals surface area contributed by atoms with Crippen molar-refractivity contribution in [3.8, 4) is 0 Å². The highest BCUT2D eigenvalue weighted by atomic mass is 32.2. The van der Waals surface area contributed by atoms with Gasteiger partial charge in [0.25, 0.3) is 0 Å². The average molecular weight is 244 g/mol. The van der Waals surface area contributed by atoms with Gasteiger partial charge in [0, 0.05) is 14.0 Å². The average Bonchev–Trinajstić information content (AvgIpc) is 2.69. The Morgan fingerprint density at radius 1 is 1.44 bits per heavy atom. The minimum absolute atomic E-state index is 0.219. The summed E-state index contributed by atoms with van der Waals surface area (Å²) in [6, 6.07) is 0. The Morgan fingerprint density at radius 3 is 2.50 bits per heavy atom. The van der Waals surface area contributed by atoms with Crippen molar-refractivity contribution in [2.75, 3.05) is 7.05 Å². The number of rotatable bonds is 1. The Morgan fingerprint density at radius 2 is 2.00 bits per heavy atom. The minimum Gasteiger partial charge on any atom is -0.327 e. The maximum atomic E-state index is 11.8. The molecule has 16 heavy (non-hydrogen) atoms. The van der Waals surface area contributed by atoms with Gasteiger partial charge in [0.1, 0.15) is 0 Å². The smallest absolute Gasteiger partial charge is 0.238 e. The van der Waals surface area contributed by atoms with Crippen LogP contribution in [0.1, 0.15) is 32.6 Å². The van der Waals surface area contributed by atoms with Crippen LogP contribution in [0.25, 0.3) is 0 Å². The number of carbonyl (C=O) groups is 1. The van der Waals surface area contributed by atoms with E-state index in [1.165, 1.54) is 16.6 Å². The second-order valence-electron chi connectivity index (χ2n) is 4.46. The zero-order valence-corrected chi connectivity index (χ0v) is 10.3. The fourth-order valence-corrected chi connectivity index (χ4v) is 4.13. The molecule has 1 fully saturated rings. The molecule has 1 aliphatic carbocycles. The third kappa shape index (κ3) is 1.56. The van der Waals surface area contributed by atoms with Crippen molar-refractivity contribution in [2.24, 2.45) is 0 Å². The fraction of sp³-hybridized carbons (Fsp3) is 0.700. The molecule has 0 saturated heterocycles. The number of carbonyl (C=O) groups excluding carboxylic acids is 1. The van der Waals surface area contributed by atoms with E-state index in [0.717, 1.165) is 25.7 Å². The Kier molecular flexibility index (Phi) is 2.58. The van der Waals surface area contributed by atoms with Crippen LogP contribution < -0.4 is 5.32 Å². The summed E-state index contributed by atoms with van der Waals surface area (Å²) >= 11 is 0. The quantitative estimate of drug-likeness (QED) is 0.732. The first-order valence-corrected chi connectivity index (χ1v) is 6.88. The van der Waals surface area contributed by atoms with Crippen molar-refractivity contribution in [2.45, 2.75) is 38.1 Å². The lowest BCUT2D eigenvalue weighted by molar-refractivity contribution is -0.118. The minimum atomic E-state index is -3.36. The largest absolute Gasteiger partial charge is 0.327 e. The molecule has 1 amide bonds. The Hall–Kier alpha value is -0.880.